The highest BCUT2D eigenvalue weighted by Gasteiger charge is 2.37. The molecule has 0 aliphatic carbocycles. The molecule has 1 saturated heterocycles. The minimum Gasteiger partial charge on any atom is -0.352 e. The predicted octanol–water partition coefficient (Wildman–Crippen LogP) is 4.16. The van der Waals surface area contributed by atoms with Crippen LogP contribution >= 0.6 is 0 Å². The monoisotopic (exact) mass is 520 g/mol. The summed E-state index contributed by atoms with van der Waals surface area (Å²) >= 11 is 0. The number of imidazole rings is 1. The van der Waals surface area contributed by atoms with Gasteiger partial charge in [-0.2, -0.15) is 13.2 Å². The fraction of sp³-hybridized carbons (Fsp3) is 0.440. The molecule has 198 valence electrons. The molecule has 4 rings (SSSR count). The van der Waals surface area contributed by atoms with Crippen LogP contribution in [0.3, 0.4) is 0 Å². The van der Waals surface area contributed by atoms with Crippen LogP contribution in [0, 0.1) is 5.82 Å². The first-order chi connectivity index (χ1) is 17.7. The van der Waals surface area contributed by atoms with Gasteiger partial charge in [-0.05, 0) is 36.8 Å². The molecule has 1 fully saturated rings. The zero-order valence-corrected chi connectivity index (χ0v) is 20.4. The Labute approximate surface area is 211 Å². The number of hydrogen-bond acceptors (Lipinski definition) is 5. The number of aromatic nitrogens is 3. The lowest BCUT2D eigenvalue weighted by Crippen LogP contribution is -2.49. The Kier molecular flexibility index (Phi) is 7.94. The van der Waals surface area contributed by atoms with Gasteiger partial charge < -0.3 is 15.1 Å². The van der Waals surface area contributed by atoms with E-state index in [-0.39, 0.29) is 24.7 Å². The second-order valence-electron chi connectivity index (χ2n) is 8.90. The molecule has 0 bridgehead atoms. The summed E-state index contributed by atoms with van der Waals surface area (Å²) in [5.41, 5.74) is -1.10. The normalized spacial score (nSPS) is 14.3. The molecule has 0 saturated carbocycles. The van der Waals surface area contributed by atoms with Crippen molar-refractivity contribution in [2.24, 2.45) is 0 Å². The van der Waals surface area contributed by atoms with E-state index in [4.69, 9.17) is 0 Å². The predicted molar refractivity (Wildman–Crippen MR) is 129 cm³/mol. The van der Waals surface area contributed by atoms with Crippen LogP contribution < -0.4 is 10.2 Å². The topological polar surface area (TPSA) is 82.8 Å². The molecule has 0 unspecified atom stereocenters. The number of fused-ring (bicyclic) bond motifs is 1. The van der Waals surface area contributed by atoms with Gasteiger partial charge in [0.1, 0.15) is 17.3 Å². The number of carbonyl (C=O) groups is 2. The number of amides is 2. The van der Waals surface area contributed by atoms with Gasteiger partial charge in [-0.3, -0.25) is 9.59 Å². The van der Waals surface area contributed by atoms with Crippen LogP contribution in [0.1, 0.15) is 59.0 Å². The molecule has 1 N–H and O–H groups in total. The number of nitrogens with one attached hydrogen (secondary N) is 1. The minimum atomic E-state index is -4.77. The second kappa shape index (κ2) is 11.1. The number of piperazine rings is 1. The maximum Gasteiger partial charge on any atom is 0.417 e. The van der Waals surface area contributed by atoms with Crippen molar-refractivity contribution in [3.05, 3.63) is 59.2 Å². The van der Waals surface area contributed by atoms with Crippen molar-refractivity contribution < 1.29 is 27.2 Å². The summed E-state index contributed by atoms with van der Waals surface area (Å²) in [4.78, 5) is 32.7. The van der Waals surface area contributed by atoms with E-state index in [0.29, 0.717) is 49.3 Å². The van der Waals surface area contributed by atoms with E-state index in [9.17, 15) is 27.2 Å². The van der Waals surface area contributed by atoms with E-state index in [1.807, 2.05) is 4.90 Å². The fourth-order valence-corrected chi connectivity index (χ4v) is 4.24. The summed E-state index contributed by atoms with van der Waals surface area (Å²) in [5.74, 6) is -1.47. The smallest absolute Gasteiger partial charge is 0.352 e. The third-order valence-corrected chi connectivity index (χ3v) is 6.26. The Morgan fingerprint density at radius 3 is 2.49 bits per heavy atom. The first kappa shape index (κ1) is 26.4. The van der Waals surface area contributed by atoms with Gasteiger partial charge in [0.25, 0.3) is 11.8 Å². The molecule has 3 heterocycles. The van der Waals surface area contributed by atoms with E-state index < -0.39 is 29.0 Å². The molecule has 1 aliphatic rings. The van der Waals surface area contributed by atoms with E-state index >= 15 is 0 Å². The summed E-state index contributed by atoms with van der Waals surface area (Å²) in [7, 11) is 0. The van der Waals surface area contributed by atoms with Crippen LogP contribution in [0.5, 0.6) is 0 Å². The third-order valence-electron chi connectivity index (χ3n) is 6.26. The first-order valence-electron chi connectivity index (χ1n) is 12.2. The van der Waals surface area contributed by atoms with Gasteiger partial charge in [-0.1, -0.05) is 26.2 Å². The largest absolute Gasteiger partial charge is 0.417 e. The van der Waals surface area contributed by atoms with Gasteiger partial charge in [0, 0.05) is 32.7 Å². The summed E-state index contributed by atoms with van der Waals surface area (Å²) in [6.45, 7) is 3.62. The van der Waals surface area contributed by atoms with Gasteiger partial charge >= 0.3 is 6.18 Å². The Morgan fingerprint density at radius 1 is 1.03 bits per heavy atom. The molecule has 3 aromatic rings. The Balaban J connectivity index is 1.39. The Morgan fingerprint density at radius 2 is 1.78 bits per heavy atom. The number of halogens is 4. The summed E-state index contributed by atoms with van der Waals surface area (Å²) in [5, 5.41) is 7.37. The SMILES string of the molecule is CCCCCCNC(=O)c1cn2nc(N3CCN(C(=O)c4cc(F)ccc4C(F)(F)F)CC3)ccc2n1. The molecule has 1 aliphatic heterocycles. The maximum absolute atomic E-state index is 13.6. The highest BCUT2D eigenvalue weighted by atomic mass is 19.4. The van der Waals surface area contributed by atoms with Crippen molar-refractivity contribution in [3.63, 3.8) is 0 Å². The number of hydrogen-bond donors (Lipinski definition) is 1. The van der Waals surface area contributed by atoms with Crippen LogP contribution in [0.2, 0.25) is 0 Å². The molecule has 2 amide bonds. The van der Waals surface area contributed by atoms with E-state index in [0.717, 1.165) is 25.7 Å². The molecule has 8 nitrogen and oxygen atoms in total. The average molecular weight is 521 g/mol. The third kappa shape index (κ3) is 6.17. The van der Waals surface area contributed by atoms with Crippen LogP contribution in [0.25, 0.3) is 5.65 Å². The highest BCUT2D eigenvalue weighted by molar-refractivity contribution is 5.96. The number of benzene rings is 1. The summed E-state index contributed by atoms with van der Waals surface area (Å²) in [6.07, 6.45) is 0.973. The van der Waals surface area contributed by atoms with Gasteiger partial charge in [-0.25, -0.2) is 13.9 Å². The lowest BCUT2D eigenvalue weighted by atomic mass is 10.0. The number of carbonyl (C=O) groups excluding carboxylic acids is 2. The molecule has 0 atom stereocenters. The molecule has 37 heavy (non-hydrogen) atoms. The molecule has 0 spiro atoms. The Bertz CT molecular complexity index is 1270. The Hall–Kier alpha value is -3.70. The van der Waals surface area contributed by atoms with Crippen molar-refractivity contribution >= 4 is 23.3 Å². The summed E-state index contributed by atoms with van der Waals surface area (Å²) in [6, 6.07) is 5.37. The maximum atomic E-state index is 13.6. The van der Waals surface area contributed by atoms with Crippen molar-refractivity contribution in [1.82, 2.24) is 24.8 Å². The zero-order chi connectivity index (χ0) is 26.6. The first-order valence-corrected chi connectivity index (χ1v) is 12.2. The molecular formula is C25H28F4N6O2. The van der Waals surface area contributed by atoms with Crippen LogP contribution in [0.4, 0.5) is 23.4 Å². The number of anilines is 1. The number of unbranched alkanes of at least 4 members (excludes halogenated alkanes) is 3. The summed E-state index contributed by atoms with van der Waals surface area (Å²) < 4.78 is 55.1. The van der Waals surface area contributed by atoms with E-state index in [1.165, 1.54) is 9.42 Å². The van der Waals surface area contributed by atoms with Crippen molar-refractivity contribution in [2.75, 3.05) is 37.6 Å². The van der Waals surface area contributed by atoms with Gasteiger partial charge in [0.05, 0.1) is 17.3 Å². The van der Waals surface area contributed by atoms with E-state index in [2.05, 4.69) is 22.3 Å². The van der Waals surface area contributed by atoms with Gasteiger partial charge in [-0.15, -0.1) is 5.10 Å². The van der Waals surface area contributed by atoms with E-state index in [1.54, 1.807) is 18.3 Å². The van der Waals surface area contributed by atoms with Gasteiger partial charge in [0.2, 0.25) is 0 Å². The number of nitrogens with zero attached hydrogens (tertiary/aromatic N) is 5. The van der Waals surface area contributed by atoms with Crippen molar-refractivity contribution in [3.8, 4) is 0 Å². The van der Waals surface area contributed by atoms with Crippen LogP contribution in [0.15, 0.2) is 36.5 Å². The highest BCUT2D eigenvalue weighted by Crippen LogP contribution is 2.33. The number of rotatable bonds is 8. The fourth-order valence-electron chi connectivity index (χ4n) is 4.24. The number of alkyl halides is 3. The van der Waals surface area contributed by atoms with Crippen molar-refractivity contribution in [1.29, 1.82) is 0 Å². The quantitative estimate of drug-likeness (QED) is 0.356. The minimum absolute atomic E-state index is 0.141. The lowest BCUT2D eigenvalue weighted by molar-refractivity contribution is -0.138. The average Bonchev–Trinajstić information content (AvgIpc) is 3.31. The van der Waals surface area contributed by atoms with Crippen LogP contribution in [-0.4, -0.2) is 64.0 Å². The molecule has 12 heteroatoms. The molecular weight excluding hydrogens is 492 g/mol. The van der Waals surface area contributed by atoms with Crippen molar-refractivity contribution in [2.45, 2.75) is 38.8 Å². The lowest BCUT2D eigenvalue weighted by Gasteiger charge is -2.35. The standard InChI is InChI=1S/C25H28F4N6O2/c1-2-3-4-5-10-30-23(36)20-16-35-21(31-20)8-9-22(32-35)33-11-13-34(14-12-33)24(37)18-15-17(26)6-7-19(18)25(27,28)29/h6-9,15-16H,2-5,10-14H2,1H3,(H,30,36). The second-order valence-corrected chi connectivity index (χ2v) is 8.90. The zero-order valence-electron chi connectivity index (χ0n) is 20.4. The molecule has 1 aromatic carbocycles. The van der Waals surface area contributed by atoms with Crippen LogP contribution in [-0.2, 0) is 6.18 Å². The van der Waals surface area contributed by atoms with Gasteiger partial charge in [0.15, 0.2) is 5.65 Å². The molecule has 0 radical (unpaired) electrons. The molecule has 2 aromatic heterocycles.